The van der Waals surface area contributed by atoms with Crippen LogP contribution in [0.2, 0.25) is 0 Å². The van der Waals surface area contributed by atoms with Crippen LogP contribution in [0.1, 0.15) is 29.8 Å². The lowest BCUT2D eigenvalue weighted by molar-refractivity contribution is -0.136. The van der Waals surface area contributed by atoms with E-state index in [0.717, 1.165) is 0 Å². The Morgan fingerprint density at radius 2 is 1.89 bits per heavy atom. The maximum absolute atomic E-state index is 11.8. The normalized spacial score (nSPS) is 10.0. The monoisotopic (exact) mass is 268 g/mol. The van der Waals surface area contributed by atoms with Crippen LogP contribution in [-0.2, 0) is 16.0 Å². The Morgan fingerprint density at radius 1 is 1.21 bits per heavy atom. The van der Waals surface area contributed by atoms with Gasteiger partial charge in [-0.1, -0.05) is 0 Å². The van der Waals surface area contributed by atoms with E-state index >= 15 is 0 Å². The average molecular weight is 268 g/mol. The fourth-order valence-electron chi connectivity index (χ4n) is 1.62. The second-order valence-electron chi connectivity index (χ2n) is 3.66. The van der Waals surface area contributed by atoms with Crippen LogP contribution in [0.25, 0.3) is 0 Å². The molecule has 0 heterocycles. The fourth-order valence-corrected chi connectivity index (χ4v) is 1.62. The zero-order valence-electron chi connectivity index (χ0n) is 10.8. The summed E-state index contributed by atoms with van der Waals surface area (Å²) in [6.07, 6.45) is -0.436. The predicted octanol–water partition coefficient (Wildman–Crippen LogP) is 1.59. The van der Waals surface area contributed by atoms with Crippen molar-refractivity contribution < 1.29 is 29.3 Å². The zero-order chi connectivity index (χ0) is 14.4. The molecule has 0 fully saturated rings. The Bertz CT molecular complexity index is 480. The van der Waals surface area contributed by atoms with Crippen molar-refractivity contribution in [2.75, 3.05) is 13.2 Å². The highest BCUT2D eigenvalue weighted by Gasteiger charge is 2.21. The van der Waals surface area contributed by atoms with Crippen LogP contribution < -0.4 is 4.74 Å². The van der Waals surface area contributed by atoms with Gasteiger partial charge < -0.3 is 19.7 Å². The third-order valence-corrected chi connectivity index (χ3v) is 2.35. The highest BCUT2D eigenvalue weighted by atomic mass is 16.5. The maximum Gasteiger partial charge on any atom is 0.341 e. The number of esters is 1. The first-order valence-corrected chi connectivity index (χ1v) is 5.87. The number of benzene rings is 1. The molecule has 1 rings (SSSR count). The van der Waals surface area contributed by atoms with E-state index in [4.69, 9.17) is 14.6 Å². The molecule has 0 amide bonds. The molecule has 0 aliphatic heterocycles. The summed E-state index contributed by atoms with van der Waals surface area (Å²) in [6, 6.07) is 2.61. The van der Waals surface area contributed by atoms with Crippen molar-refractivity contribution in [3.05, 3.63) is 23.3 Å². The minimum absolute atomic E-state index is 0.0587. The first-order chi connectivity index (χ1) is 9.01. The number of hydrogen-bond acceptors (Lipinski definition) is 5. The molecule has 19 heavy (non-hydrogen) atoms. The summed E-state index contributed by atoms with van der Waals surface area (Å²) in [5.74, 6) is -1.91. The van der Waals surface area contributed by atoms with Gasteiger partial charge in [0.1, 0.15) is 17.1 Å². The molecule has 6 nitrogen and oxygen atoms in total. The number of aliphatic carboxylic acids is 1. The Balaban J connectivity index is 3.31. The van der Waals surface area contributed by atoms with E-state index in [1.54, 1.807) is 13.8 Å². The molecule has 0 bridgehead atoms. The van der Waals surface area contributed by atoms with Crippen molar-refractivity contribution >= 4 is 11.9 Å². The average Bonchev–Trinajstić information content (AvgIpc) is 2.34. The molecule has 0 aromatic heterocycles. The van der Waals surface area contributed by atoms with Crippen molar-refractivity contribution in [3.8, 4) is 11.5 Å². The molecule has 0 unspecified atom stereocenters. The van der Waals surface area contributed by atoms with E-state index in [1.165, 1.54) is 12.1 Å². The molecule has 1 aromatic rings. The van der Waals surface area contributed by atoms with Gasteiger partial charge in [0.05, 0.1) is 19.6 Å². The minimum atomic E-state index is -1.13. The van der Waals surface area contributed by atoms with Crippen LogP contribution in [0.3, 0.4) is 0 Å². The number of phenolic OH excluding ortho intramolecular Hbond substituents is 1. The number of ether oxygens (including phenoxy) is 2. The largest absolute Gasteiger partial charge is 0.508 e. The number of carbonyl (C=O) groups is 2. The second-order valence-corrected chi connectivity index (χ2v) is 3.66. The number of carboxylic acids is 1. The van der Waals surface area contributed by atoms with Gasteiger partial charge in [0.2, 0.25) is 0 Å². The molecule has 104 valence electrons. The first kappa shape index (κ1) is 14.8. The molecule has 6 heteroatoms. The standard InChI is InChI=1S/C13H16O6/c1-3-18-12-8(13(17)19-4-2)5-6-10(14)9(12)7-11(15)16/h5-6,14H,3-4,7H2,1-2H3,(H,15,16). The van der Waals surface area contributed by atoms with Crippen molar-refractivity contribution in [3.63, 3.8) is 0 Å². The maximum atomic E-state index is 11.8. The molecule has 1 aromatic carbocycles. The van der Waals surface area contributed by atoms with Crippen molar-refractivity contribution in [2.24, 2.45) is 0 Å². The smallest absolute Gasteiger partial charge is 0.341 e. The second kappa shape index (κ2) is 6.63. The number of phenols is 1. The summed E-state index contributed by atoms with van der Waals surface area (Å²) in [5.41, 5.74) is 0.178. The molecule has 0 saturated heterocycles. The summed E-state index contributed by atoms with van der Waals surface area (Å²) in [6.45, 7) is 3.79. The quantitative estimate of drug-likeness (QED) is 0.761. The summed E-state index contributed by atoms with van der Waals surface area (Å²) < 4.78 is 10.2. The van der Waals surface area contributed by atoms with Crippen LogP contribution in [0.4, 0.5) is 0 Å². The Morgan fingerprint density at radius 3 is 2.42 bits per heavy atom. The van der Waals surface area contributed by atoms with Crippen molar-refractivity contribution in [1.29, 1.82) is 0 Å². The molecule has 0 radical (unpaired) electrons. The SMILES string of the molecule is CCOC(=O)c1ccc(O)c(CC(=O)O)c1OCC. The van der Waals surface area contributed by atoms with Gasteiger partial charge >= 0.3 is 11.9 Å². The van der Waals surface area contributed by atoms with E-state index in [1.807, 2.05) is 0 Å². The summed E-state index contributed by atoms with van der Waals surface area (Å²) in [4.78, 5) is 22.6. The number of rotatable bonds is 6. The first-order valence-electron chi connectivity index (χ1n) is 5.87. The van der Waals surface area contributed by atoms with Gasteiger partial charge in [-0.25, -0.2) is 4.79 Å². The van der Waals surface area contributed by atoms with Crippen LogP contribution >= 0.6 is 0 Å². The van der Waals surface area contributed by atoms with Gasteiger partial charge in [0.25, 0.3) is 0 Å². The third-order valence-electron chi connectivity index (χ3n) is 2.35. The van der Waals surface area contributed by atoms with Crippen LogP contribution in [0.15, 0.2) is 12.1 Å². The Hall–Kier alpha value is -2.24. The van der Waals surface area contributed by atoms with Crippen LogP contribution in [0, 0.1) is 0 Å². The van der Waals surface area contributed by atoms with Crippen molar-refractivity contribution in [2.45, 2.75) is 20.3 Å². The van der Waals surface area contributed by atoms with Gasteiger partial charge in [0, 0.05) is 5.56 Å². The van der Waals surface area contributed by atoms with E-state index in [2.05, 4.69) is 0 Å². The number of aromatic hydroxyl groups is 1. The van der Waals surface area contributed by atoms with E-state index in [0.29, 0.717) is 0 Å². The fraction of sp³-hybridized carbons (Fsp3) is 0.385. The summed E-state index contributed by atoms with van der Waals surface area (Å²) in [7, 11) is 0. The summed E-state index contributed by atoms with van der Waals surface area (Å²) >= 11 is 0. The van der Waals surface area contributed by atoms with E-state index in [9.17, 15) is 14.7 Å². The molecule has 0 aliphatic rings. The van der Waals surface area contributed by atoms with Crippen LogP contribution in [-0.4, -0.2) is 35.4 Å². The lowest BCUT2D eigenvalue weighted by Crippen LogP contribution is -2.11. The van der Waals surface area contributed by atoms with Crippen LogP contribution in [0.5, 0.6) is 11.5 Å². The highest BCUT2D eigenvalue weighted by molar-refractivity contribution is 5.94. The molecule has 2 N–H and O–H groups in total. The lowest BCUT2D eigenvalue weighted by Gasteiger charge is -2.14. The zero-order valence-corrected chi connectivity index (χ0v) is 10.8. The van der Waals surface area contributed by atoms with Gasteiger partial charge in [-0.15, -0.1) is 0 Å². The van der Waals surface area contributed by atoms with Gasteiger partial charge in [-0.3, -0.25) is 4.79 Å². The molecule has 0 aliphatic carbocycles. The number of carbonyl (C=O) groups excluding carboxylic acids is 1. The molecular formula is C13H16O6. The summed E-state index contributed by atoms with van der Waals surface area (Å²) in [5, 5.41) is 18.5. The number of carboxylic acid groups (broad SMARTS) is 1. The van der Waals surface area contributed by atoms with Gasteiger partial charge in [-0.05, 0) is 26.0 Å². The predicted molar refractivity (Wildman–Crippen MR) is 66.6 cm³/mol. The molecule has 0 saturated carbocycles. The topological polar surface area (TPSA) is 93.1 Å². The number of hydrogen-bond donors (Lipinski definition) is 2. The van der Waals surface area contributed by atoms with Gasteiger partial charge in [0.15, 0.2) is 0 Å². The van der Waals surface area contributed by atoms with Crippen molar-refractivity contribution in [1.82, 2.24) is 0 Å². The minimum Gasteiger partial charge on any atom is -0.508 e. The Kier molecular flexibility index (Phi) is 5.17. The Labute approximate surface area is 110 Å². The van der Waals surface area contributed by atoms with E-state index < -0.39 is 18.4 Å². The molecule has 0 atom stereocenters. The molecular weight excluding hydrogens is 252 g/mol. The van der Waals surface area contributed by atoms with Gasteiger partial charge in [-0.2, -0.15) is 0 Å². The van der Waals surface area contributed by atoms with E-state index in [-0.39, 0.29) is 35.8 Å². The molecule has 0 spiro atoms. The lowest BCUT2D eigenvalue weighted by atomic mass is 10.0. The third kappa shape index (κ3) is 3.61. The highest BCUT2D eigenvalue weighted by Crippen LogP contribution is 2.32.